The van der Waals surface area contributed by atoms with Crippen LogP contribution in [0, 0.1) is 12.1 Å². The van der Waals surface area contributed by atoms with E-state index in [1.807, 2.05) is 143 Å². The maximum Gasteiger partial charge on any atom is 0.249 e. The molecular weight excluding hydrogens is 1930 g/mol. The van der Waals surface area contributed by atoms with Crippen molar-refractivity contribution in [1.82, 2.24) is 51.9 Å². The van der Waals surface area contributed by atoms with Crippen LogP contribution < -0.4 is 42.8 Å². The Morgan fingerprint density at radius 3 is 1.26 bits per heavy atom. The zero-order chi connectivity index (χ0) is 96.5. The number of para-hydroxylation sites is 9. The molecule has 133 heavy (non-hydrogen) atoms. The minimum absolute atomic E-state index is 0. The summed E-state index contributed by atoms with van der Waals surface area (Å²) in [6.07, 6.45) is 10.8. The summed E-state index contributed by atoms with van der Waals surface area (Å²) in [5, 5.41) is 6.79. The summed E-state index contributed by atoms with van der Waals surface area (Å²) in [7, 11) is 0. The zero-order valence-electron chi connectivity index (χ0n) is 84.3. The maximum absolute atomic E-state index is 8.14. The van der Waals surface area contributed by atoms with Crippen LogP contribution in [-0.2, 0) is 67.5 Å². The summed E-state index contributed by atoms with van der Waals surface area (Å²) in [6.45, 7) is 34.9. The Morgan fingerprint density at radius 1 is 0.331 bits per heavy atom. The molecule has 12 aromatic carbocycles. The van der Waals surface area contributed by atoms with Gasteiger partial charge < -0.3 is 42.8 Å². The van der Waals surface area contributed by atoms with Crippen LogP contribution in [0.5, 0.6) is 34.5 Å². The Bertz CT molecular complexity index is 7950. The number of ether oxygens (including phenoxy) is 3. The van der Waals surface area contributed by atoms with E-state index in [0.717, 1.165) is 128 Å². The van der Waals surface area contributed by atoms with Crippen LogP contribution in [0.3, 0.4) is 0 Å². The van der Waals surface area contributed by atoms with Crippen molar-refractivity contribution in [1.29, 1.82) is 0 Å². The molecule has 15 nitrogen and oxygen atoms in total. The van der Waals surface area contributed by atoms with Crippen LogP contribution in [0.2, 0.25) is 0 Å². The Kier molecular flexibility index (Phi) is 22.3. The van der Waals surface area contributed by atoms with E-state index in [2.05, 4.69) is 330 Å². The van der Waals surface area contributed by atoms with Gasteiger partial charge in [0.2, 0.25) is 6.33 Å². The molecule has 9 heterocycles. The summed E-state index contributed by atoms with van der Waals surface area (Å²) in [4.78, 5) is 19.1. The van der Waals surface area contributed by atoms with Crippen LogP contribution in [0.15, 0.2) is 317 Å². The van der Waals surface area contributed by atoms with Crippen molar-refractivity contribution in [3.63, 3.8) is 0 Å². The van der Waals surface area contributed by atoms with Gasteiger partial charge in [-0.1, -0.05) is 221 Å². The SMILES string of the molecule is CC(C)(C)c1cc(Oc2ccc3c4ccccc4n(-c4cc(C(C)(C)C)ccn4)c3c2)cc(-n2cnc3ccccc32)c1.[2H]C([2H])([2H])[n+]1cn(-c2cc(Oc3ccc4c5ccccc5n(-c5cc(C(C)(C)C)ccn5)c4c3)cc(C(C)(C)C)c2)c2ccccc21.[2H]C([2H])([2H])n1[cH+]n(-c2[c-]c(Oc3[c-]c4c(cc3)c3ccccc3n4-c3cc(C(C)(C)C)ccn3)cc(C(C)(C)C)c2)c2ccccc21.[I-].[Pt]. The fraction of sp³-hybridized carbons (Fsp3) is 0.224. The molecule has 0 saturated carbocycles. The van der Waals surface area contributed by atoms with E-state index in [0.29, 0.717) is 39.7 Å². The summed E-state index contributed by atoms with van der Waals surface area (Å²) in [6, 6.07) is 101. The summed E-state index contributed by atoms with van der Waals surface area (Å²) in [5.41, 5.74) is 20.0. The van der Waals surface area contributed by atoms with E-state index in [-0.39, 0.29) is 77.5 Å². The number of benzene rings is 12. The van der Waals surface area contributed by atoms with Crippen molar-refractivity contribution in [2.45, 2.75) is 157 Å². The van der Waals surface area contributed by atoms with E-state index in [1.54, 1.807) is 12.7 Å². The fourth-order valence-corrected chi connectivity index (χ4v) is 17.5. The minimum atomic E-state index is -2.34. The van der Waals surface area contributed by atoms with Gasteiger partial charge in [-0.3, -0.25) is 13.7 Å². The quantitative estimate of drug-likeness (QED) is 0.0679. The second-order valence-electron chi connectivity index (χ2n) is 40.4. The second-order valence-corrected chi connectivity index (χ2v) is 40.4. The van der Waals surface area contributed by atoms with Crippen molar-refractivity contribution >= 4 is 98.5 Å². The molecule has 0 radical (unpaired) electrons. The van der Waals surface area contributed by atoms with E-state index in [4.69, 9.17) is 37.4 Å². The Balaban J connectivity index is 0.000000143. The van der Waals surface area contributed by atoms with E-state index in [9.17, 15) is 0 Å². The van der Waals surface area contributed by atoms with E-state index >= 15 is 0 Å². The van der Waals surface area contributed by atoms with E-state index < -0.39 is 14.0 Å². The maximum atomic E-state index is 8.14. The topological polar surface area (TPSA) is 118 Å². The largest absolute Gasteiger partial charge is 1.00 e. The van der Waals surface area contributed by atoms with Gasteiger partial charge in [-0.05, 0) is 205 Å². The molecule has 0 amide bonds. The molecule has 0 aliphatic carbocycles. The smallest absolute Gasteiger partial charge is 0.249 e. The van der Waals surface area contributed by atoms with Gasteiger partial charge in [0.25, 0.3) is 0 Å². The molecular formula is C116H112IN12O3Pt-. The molecule has 0 bridgehead atoms. The summed E-state index contributed by atoms with van der Waals surface area (Å²) in [5.74, 6) is 6.56. The molecule has 0 atom stereocenters. The molecule has 21 rings (SSSR count). The first-order chi connectivity index (χ1) is 64.9. The van der Waals surface area contributed by atoms with Crippen LogP contribution in [0.4, 0.5) is 0 Å². The predicted molar refractivity (Wildman–Crippen MR) is 538 cm³/mol. The first-order valence-corrected chi connectivity index (χ1v) is 44.8. The number of pyridine rings is 3. The van der Waals surface area contributed by atoms with Crippen LogP contribution in [0.1, 0.15) is 166 Å². The van der Waals surface area contributed by atoms with Gasteiger partial charge in [0.05, 0.1) is 49.9 Å². The molecule has 0 saturated heterocycles. The fourth-order valence-electron chi connectivity index (χ4n) is 17.5. The number of nitrogens with zero attached hydrogens (tertiary/aromatic N) is 12. The average Bonchev–Trinajstić information content (AvgIpc) is 1.61. The minimum Gasteiger partial charge on any atom is -1.00 e. The van der Waals surface area contributed by atoms with Gasteiger partial charge in [-0.2, -0.15) is 10.6 Å². The summed E-state index contributed by atoms with van der Waals surface area (Å²) >= 11 is 0. The van der Waals surface area contributed by atoms with Crippen molar-refractivity contribution in [3.05, 3.63) is 362 Å². The molecule has 0 aliphatic rings. The molecule has 0 unspecified atom stereocenters. The van der Waals surface area contributed by atoms with Gasteiger partial charge in [0.1, 0.15) is 52.5 Å². The summed E-state index contributed by atoms with van der Waals surface area (Å²) < 4.78 is 83.9. The van der Waals surface area contributed by atoms with Crippen LogP contribution >= 0.6 is 0 Å². The molecule has 9 aromatic heterocycles. The van der Waals surface area contributed by atoms with Gasteiger partial charge in [0, 0.05) is 131 Å². The molecule has 0 spiro atoms. The molecule has 21 aromatic rings. The number of hydrogen-bond acceptors (Lipinski definition) is 7. The van der Waals surface area contributed by atoms with Gasteiger partial charge >= 0.3 is 0 Å². The number of aryl methyl sites for hydroxylation is 2. The van der Waals surface area contributed by atoms with Gasteiger partial charge in [-0.25, -0.2) is 33.6 Å². The van der Waals surface area contributed by atoms with Crippen LogP contribution in [-0.4, -0.2) is 51.9 Å². The van der Waals surface area contributed by atoms with Crippen molar-refractivity contribution in [2.75, 3.05) is 0 Å². The van der Waals surface area contributed by atoms with Gasteiger partial charge in [0.15, 0.2) is 28.4 Å². The molecule has 672 valence electrons. The van der Waals surface area contributed by atoms with Crippen molar-refractivity contribution < 1.29 is 72.0 Å². The van der Waals surface area contributed by atoms with Crippen molar-refractivity contribution in [3.8, 4) is 69.0 Å². The third kappa shape index (κ3) is 18.1. The Hall–Kier alpha value is -13.3. The zero-order valence-corrected chi connectivity index (χ0v) is 82.7. The number of imidazole rings is 3. The first-order valence-electron chi connectivity index (χ1n) is 47.8. The van der Waals surface area contributed by atoms with Crippen LogP contribution in [0.25, 0.3) is 133 Å². The normalized spacial score (nSPS) is 13.1. The first kappa shape index (κ1) is 84.0. The third-order valence-electron chi connectivity index (χ3n) is 24.8. The second kappa shape index (κ2) is 35.4. The molecule has 0 N–H and O–H groups in total. The third-order valence-corrected chi connectivity index (χ3v) is 24.8. The monoisotopic (exact) mass is 2050 g/mol. The number of rotatable bonds is 12. The van der Waals surface area contributed by atoms with E-state index in [1.165, 1.54) is 42.2 Å². The molecule has 0 fully saturated rings. The number of halogens is 1. The predicted octanol–water partition coefficient (Wildman–Crippen LogP) is 26.0. The Morgan fingerprint density at radius 2 is 0.752 bits per heavy atom. The number of aromatic nitrogens is 12. The average molecular weight is 2050 g/mol. The van der Waals surface area contributed by atoms with Crippen molar-refractivity contribution in [2.24, 2.45) is 14.0 Å². The Labute approximate surface area is 818 Å². The molecule has 17 heteroatoms. The number of hydrogen-bond donors (Lipinski definition) is 0. The standard InChI is InChI=1S/C39H39N4O.C39H37N4O.C38H36N4O.HI.Pt/c2*1-38(2,3)26-18-19-40-37(22-26)43-33-13-9-8-12-31(33)32-17-16-29(24-36(32)43)44-30-21-27(39(4,5)6)20-28(23-30)42-25-41(7)34-14-10-11-15-35(34)42;1-37(2,3)25-17-18-39-36(21-25)42-33-13-9-7-11-30(33)31-16-15-28(23-35(31)42)43-29-20-26(38(4,5)6)19-27(22-29)41-24-40-32-12-8-10-14-34(32)41;;/h8-25H,1-7H3;8-22,25H,1-7H3;7-24H,1-6H3;1H;/q+1;-1;;;/p-1/i2*7D3;;;. The van der Waals surface area contributed by atoms with Gasteiger partial charge in [-0.15, -0.1) is 29.1 Å². The molecule has 0 aliphatic heterocycles. The number of fused-ring (bicyclic) bond motifs is 12.